The van der Waals surface area contributed by atoms with Gasteiger partial charge in [-0.1, -0.05) is 52.5 Å². The molecule has 0 unspecified atom stereocenters. The Morgan fingerprint density at radius 1 is 0.941 bits per heavy atom. The fraction of sp³-hybridized carbons (Fsp3) is 0. The molecule has 1 heterocycles. The summed E-state index contributed by atoms with van der Waals surface area (Å²) < 4.78 is 0. The predicted molar refractivity (Wildman–Crippen MR) is 71.4 cm³/mol. The third-order valence-electron chi connectivity index (χ3n) is 2.17. The van der Waals surface area contributed by atoms with Gasteiger partial charge in [-0.2, -0.15) is 0 Å². The minimum absolute atomic E-state index is 0.0327. The first kappa shape index (κ1) is 12.8. The Morgan fingerprint density at radius 2 is 1.65 bits per heavy atom. The summed E-state index contributed by atoms with van der Waals surface area (Å²) in [5, 5.41) is 10.8. The molecule has 0 bridgehead atoms. The largest absolute Gasteiger partial charge is 0.506 e. The first-order valence-electron chi connectivity index (χ1n) is 4.49. The van der Waals surface area contributed by atoms with Gasteiger partial charge in [-0.3, -0.25) is 0 Å². The monoisotopic (exact) mass is 307 g/mol. The van der Waals surface area contributed by atoms with E-state index in [1.165, 1.54) is 12.3 Å². The van der Waals surface area contributed by atoms with E-state index in [9.17, 15) is 5.11 Å². The van der Waals surface area contributed by atoms with E-state index in [4.69, 9.17) is 46.4 Å². The Balaban J connectivity index is 2.69. The van der Waals surface area contributed by atoms with Gasteiger partial charge in [-0.05, 0) is 12.1 Å². The number of aromatic nitrogens is 1. The molecule has 0 spiro atoms. The number of benzene rings is 1. The van der Waals surface area contributed by atoms with Crippen molar-refractivity contribution in [2.75, 3.05) is 0 Å². The molecule has 2 nitrogen and oxygen atoms in total. The summed E-state index contributed by atoms with van der Waals surface area (Å²) in [5.41, 5.74) is 0.997. The number of aromatic hydroxyl groups is 1. The summed E-state index contributed by atoms with van der Waals surface area (Å²) in [7, 11) is 0. The lowest BCUT2D eigenvalue weighted by atomic mass is 10.1. The second kappa shape index (κ2) is 4.91. The lowest BCUT2D eigenvalue weighted by molar-refractivity contribution is 0.475. The van der Waals surface area contributed by atoms with Crippen LogP contribution in [0.4, 0.5) is 0 Å². The minimum atomic E-state index is -0.0327. The molecule has 1 N–H and O–H groups in total. The van der Waals surface area contributed by atoms with E-state index in [1.54, 1.807) is 12.1 Å². The Bertz CT molecular complexity index is 586. The Hall–Kier alpha value is -0.670. The number of rotatable bonds is 1. The van der Waals surface area contributed by atoms with Gasteiger partial charge in [0.05, 0.1) is 21.3 Å². The highest BCUT2D eigenvalue weighted by Gasteiger charge is 2.14. The molecule has 2 rings (SSSR count). The average Bonchev–Trinajstić information content (AvgIpc) is 2.30. The second-order valence-electron chi connectivity index (χ2n) is 3.25. The third-order valence-corrected chi connectivity index (χ3v) is 3.68. The summed E-state index contributed by atoms with van der Waals surface area (Å²) in [6, 6.07) is 4.75. The van der Waals surface area contributed by atoms with Crippen LogP contribution in [0.25, 0.3) is 11.1 Å². The fourth-order valence-electron chi connectivity index (χ4n) is 1.37. The van der Waals surface area contributed by atoms with E-state index in [-0.39, 0.29) is 20.9 Å². The summed E-state index contributed by atoms with van der Waals surface area (Å²) in [6.07, 6.45) is 1.25. The van der Waals surface area contributed by atoms with Crippen molar-refractivity contribution in [2.24, 2.45) is 0 Å². The van der Waals surface area contributed by atoms with Crippen molar-refractivity contribution in [2.45, 2.75) is 0 Å². The average molecular weight is 309 g/mol. The lowest BCUT2D eigenvalue weighted by Gasteiger charge is -2.09. The van der Waals surface area contributed by atoms with Gasteiger partial charge < -0.3 is 5.11 Å². The number of pyridine rings is 1. The number of halogens is 4. The van der Waals surface area contributed by atoms with Gasteiger partial charge >= 0.3 is 0 Å². The Kier molecular flexibility index (Phi) is 3.69. The molecule has 0 aliphatic carbocycles. The fourth-order valence-corrected chi connectivity index (χ4v) is 2.17. The van der Waals surface area contributed by atoms with Crippen LogP contribution in [-0.2, 0) is 0 Å². The topological polar surface area (TPSA) is 33.1 Å². The van der Waals surface area contributed by atoms with Crippen molar-refractivity contribution in [3.63, 3.8) is 0 Å². The summed E-state index contributed by atoms with van der Waals surface area (Å²) in [4.78, 5) is 3.75. The molecule has 6 heteroatoms. The predicted octanol–water partition coefficient (Wildman–Crippen LogP) is 5.07. The molecule has 1 aromatic heterocycles. The highest BCUT2D eigenvalue weighted by Crippen LogP contribution is 2.41. The molecule has 17 heavy (non-hydrogen) atoms. The molecule has 0 saturated carbocycles. The van der Waals surface area contributed by atoms with Gasteiger partial charge in [-0.15, -0.1) is 0 Å². The first-order valence-corrected chi connectivity index (χ1v) is 6.00. The van der Waals surface area contributed by atoms with Crippen LogP contribution in [0.2, 0.25) is 20.2 Å². The van der Waals surface area contributed by atoms with E-state index in [0.29, 0.717) is 16.1 Å². The van der Waals surface area contributed by atoms with E-state index in [2.05, 4.69) is 4.98 Å². The molecule has 2 aromatic rings. The van der Waals surface area contributed by atoms with E-state index in [1.807, 2.05) is 0 Å². The van der Waals surface area contributed by atoms with Crippen molar-refractivity contribution in [1.29, 1.82) is 0 Å². The molecular formula is C11H5Cl4NO. The van der Waals surface area contributed by atoms with Crippen LogP contribution >= 0.6 is 46.4 Å². The number of nitrogens with zero attached hydrogens (tertiary/aromatic N) is 1. The van der Waals surface area contributed by atoms with Crippen molar-refractivity contribution < 1.29 is 5.11 Å². The minimum Gasteiger partial charge on any atom is -0.506 e. The van der Waals surface area contributed by atoms with Crippen LogP contribution in [0.3, 0.4) is 0 Å². The van der Waals surface area contributed by atoms with Gasteiger partial charge in [0.1, 0.15) is 10.9 Å². The summed E-state index contributed by atoms with van der Waals surface area (Å²) in [5.74, 6) is -0.0327. The normalized spacial score (nSPS) is 10.6. The Labute approximate surface area is 118 Å². The van der Waals surface area contributed by atoms with Gasteiger partial charge in [0.15, 0.2) is 0 Å². The van der Waals surface area contributed by atoms with Crippen LogP contribution in [-0.4, -0.2) is 10.1 Å². The molecule has 0 saturated heterocycles. The highest BCUT2D eigenvalue weighted by molar-refractivity contribution is 6.49. The Morgan fingerprint density at radius 3 is 2.35 bits per heavy atom. The van der Waals surface area contributed by atoms with Crippen LogP contribution in [0.5, 0.6) is 5.75 Å². The van der Waals surface area contributed by atoms with Crippen LogP contribution in [0.15, 0.2) is 24.4 Å². The van der Waals surface area contributed by atoms with Crippen molar-refractivity contribution in [3.05, 3.63) is 44.6 Å². The zero-order valence-corrected chi connectivity index (χ0v) is 11.2. The molecule has 0 aliphatic heterocycles. The van der Waals surface area contributed by atoms with Crippen LogP contribution in [0.1, 0.15) is 0 Å². The first-order chi connectivity index (χ1) is 8.00. The third kappa shape index (κ3) is 2.45. The molecule has 1 aromatic carbocycles. The van der Waals surface area contributed by atoms with Gasteiger partial charge in [0.25, 0.3) is 0 Å². The second-order valence-corrected chi connectivity index (χ2v) is 4.80. The van der Waals surface area contributed by atoms with Gasteiger partial charge in [0.2, 0.25) is 0 Å². The number of hydrogen-bond donors (Lipinski definition) is 1. The molecule has 88 valence electrons. The van der Waals surface area contributed by atoms with Crippen molar-refractivity contribution in [3.8, 4) is 16.9 Å². The summed E-state index contributed by atoms with van der Waals surface area (Å²) >= 11 is 23.6. The van der Waals surface area contributed by atoms with Crippen molar-refractivity contribution in [1.82, 2.24) is 4.98 Å². The zero-order chi connectivity index (χ0) is 12.6. The standard InChI is InChI=1S/C11H5Cl4NO/c12-7-2-1-5(10(14)11(7)15)6-3-9(13)16-4-8(6)17/h1-4,17H. The highest BCUT2D eigenvalue weighted by atomic mass is 35.5. The molecule has 0 radical (unpaired) electrons. The van der Waals surface area contributed by atoms with Gasteiger partial charge in [-0.25, -0.2) is 4.98 Å². The quantitative estimate of drug-likeness (QED) is 0.589. The SMILES string of the molecule is Oc1cnc(Cl)cc1-c1ccc(Cl)c(Cl)c1Cl. The van der Waals surface area contributed by atoms with Crippen LogP contribution in [0, 0.1) is 0 Å². The molecular weight excluding hydrogens is 304 g/mol. The smallest absolute Gasteiger partial charge is 0.141 e. The zero-order valence-electron chi connectivity index (χ0n) is 8.22. The van der Waals surface area contributed by atoms with E-state index in [0.717, 1.165) is 0 Å². The number of hydrogen-bond acceptors (Lipinski definition) is 2. The molecule has 0 amide bonds. The van der Waals surface area contributed by atoms with E-state index < -0.39 is 0 Å². The van der Waals surface area contributed by atoms with Crippen LogP contribution < -0.4 is 0 Å². The maximum absolute atomic E-state index is 9.72. The summed E-state index contributed by atoms with van der Waals surface area (Å²) in [6.45, 7) is 0. The maximum atomic E-state index is 9.72. The maximum Gasteiger partial charge on any atom is 0.141 e. The molecule has 0 fully saturated rings. The van der Waals surface area contributed by atoms with E-state index >= 15 is 0 Å². The molecule has 0 aliphatic rings. The van der Waals surface area contributed by atoms with Gasteiger partial charge in [0, 0.05) is 11.1 Å². The lowest BCUT2D eigenvalue weighted by Crippen LogP contribution is -1.85. The molecule has 0 atom stereocenters. The van der Waals surface area contributed by atoms with Crippen molar-refractivity contribution >= 4 is 46.4 Å².